The van der Waals surface area contributed by atoms with Gasteiger partial charge >= 0.3 is 5.97 Å². The smallest absolute Gasteiger partial charge is 0.348 e. The average molecular weight is 454 g/mol. The molecule has 0 spiro atoms. The van der Waals surface area contributed by atoms with E-state index in [-0.39, 0.29) is 5.82 Å². The summed E-state index contributed by atoms with van der Waals surface area (Å²) in [6.45, 7) is 1.39. The number of fused-ring (bicyclic) bond motifs is 1. The van der Waals surface area contributed by atoms with Crippen LogP contribution in [-0.4, -0.2) is 42.4 Å². The van der Waals surface area contributed by atoms with Gasteiger partial charge in [-0.25, -0.2) is 13.9 Å². The number of ketones is 1. The Hall–Kier alpha value is -3.72. The first-order valence-electron chi connectivity index (χ1n) is 9.58. The summed E-state index contributed by atoms with van der Waals surface area (Å²) < 4.78 is 30.5. The molecule has 0 saturated carbocycles. The van der Waals surface area contributed by atoms with Crippen molar-refractivity contribution in [3.8, 4) is 17.2 Å². The first-order valence-corrected chi connectivity index (χ1v) is 10.4. The number of aryl methyl sites for hydroxylation is 1. The second-order valence-corrected chi connectivity index (χ2v) is 7.90. The third-order valence-corrected chi connectivity index (χ3v) is 5.95. The Bertz CT molecular complexity index is 1310. The number of thiophene rings is 1. The highest BCUT2D eigenvalue weighted by Crippen LogP contribution is 2.31. The van der Waals surface area contributed by atoms with Crippen molar-refractivity contribution in [3.63, 3.8) is 0 Å². The maximum atomic E-state index is 13.3. The van der Waals surface area contributed by atoms with Crippen LogP contribution in [0.3, 0.4) is 0 Å². The molecule has 0 amide bonds. The SMILES string of the molecule is COc1ccc(C(=O)COC(=O)c2cc3c(C)nn(-c4ccc(F)cc4)c3s2)c(OC)c1. The standard InChI is InChI=1S/C23H19FN2O5S/c1-13-18-11-21(32-22(18)26(25-13)15-6-4-14(24)5-7-15)23(28)31-12-19(27)17-9-8-16(29-2)10-20(17)30-3/h4-11H,12H2,1-3H3. The Morgan fingerprint density at radius 3 is 2.50 bits per heavy atom. The first-order chi connectivity index (χ1) is 15.4. The Balaban J connectivity index is 1.53. The molecule has 9 heteroatoms. The van der Waals surface area contributed by atoms with E-state index in [1.165, 1.54) is 37.7 Å². The van der Waals surface area contributed by atoms with Crippen molar-refractivity contribution in [1.82, 2.24) is 9.78 Å². The molecule has 0 radical (unpaired) electrons. The predicted molar refractivity (Wildman–Crippen MR) is 118 cm³/mol. The Morgan fingerprint density at radius 1 is 1.06 bits per heavy atom. The van der Waals surface area contributed by atoms with E-state index in [0.29, 0.717) is 27.6 Å². The number of rotatable bonds is 7. The summed E-state index contributed by atoms with van der Waals surface area (Å²) in [7, 11) is 2.96. The summed E-state index contributed by atoms with van der Waals surface area (Å²) >= 11 is 1.19. The van der Waals surface area contributed by atoms with E-state index in [1.807, 2.05) is 6.92 Å². The fraction of sp³-hybridized carbons (Fsp3) is 0.174. The van der Waals surface area contributed by atoms with Gasteiger partial charge in [-0.15, -0.1) is 11.3 Å². The number of hydrogen-bond acceptors (Lipinski definition) is 7. The lowest BCUT2D eigenvalue weighted by Gasteiger charge is -2.09. The summed E-state index contributed by atoms with van der Waals surface area (Å²) in [6.07, 6.45) is 0. The molecule has 4 rings (SSSR count). The van der Waals surface area contributed by atoms with Gasteiger partial charge < -0.3 is 14.2 Å². The molecule has 164 valence electrons. The minimum absolute atomic E-state index is 0.292. The van der Waals surface area contributed by atoms with E-state index in [1.54, 1.807) is 41.1 Å². The highest BCUT2D eigenvalue weighted by Gasteiger charge is 2.20. The van der Waals surface area contributed by atoms with Gasteiger partial charge in [-0.2, -0.15) is 5.10 Å². The minimum Gasteiger partial charge on any atom is -0.497 e. The highest BCUT2D eigenvalue weighted by atomic mass is 32.1. The lowest BCUT2D eigenvalue weighted by atomic mass is 10.1. The quantitative estimate of drug-likeness (QED) is 0.300. The largest absolute Gasteiger partial charge is 0.497 e. The van der Waals surface area contributed by atoms with E-state index in [0.717, 1.165) is 15.9 Å². The molecule has 0 aliphatic heterocycles. The second-order valence-electron chi connectivity index (χ2n) is 6.87. The molecule has 0 aliphatic rings. The van der Waals surface area contributed by atoms with Gasteiger partial charge in [0.1, 0.15) is 27.0 Å². The molecule has 0 N–H and O–H groups in total. The maximum Gasteiger partial charge on any atom is 0.348 e. The Morgan fingerprint density at radius 2 is 1.81 bits per heavy atom. The molecule has 0 aliphatic carbocycles. The van der Waals surface area contributed by atoms with Crippen molar-refractivity contribution >= 4 is 33.3 Å². The van der Waals surface area contributed by atoms with Gasteiger partial charge in [0.2, 0.25) is 5.78 Å². The average Bonchev–Trinajstić information content (AvgIpc) is 3.38. The van der Waals surface area contributed by atoms with Gasteiger partial charge in [-0.3, -0.25) is 4.79 Å². The third-order valence-electron chi connectivity index (χ3n) is 4.86. The van der Waals surface area contributed by atoms with Crippen molar-refractivity contribution in [1.29, 1.82) is 0 Å². The topological polar surface area (TPSA) is 79.7 Å². The molecule has 0 bridgehead atoms. The number of aromatic nitrogens is 2. The van der Waals surface area contributed by atoms with Crippen molar-refractivity contribution in [3.05, 3.63) is 70.5 Å². The first kappa shape index (κ1) is 21.5. The molecular formula is C23H19FN2O5S. The summed E-state index contributed by atoms with van der Waals surface area (Å²) in [6, 6.07) is 12.4. The fourth-order valence-electron chi connectivity index (χ4n) is 3.21. The monoisotopic (exact) mass is 454 g/mol. The minimum atomic E-state index is -0.614. The molecule has 0 atom stereocenters. The van der Waals surface area contributed by atoms with Crippen molar-refractivity contribution in [2.45, 2.75) is 6.92 Å². The van der Waals surface area contributed by atoms with Crippen LogP contribution >= 0.6 is 11.3 Å². The van der Waals surface area contributed by atoms with E-state index in [2.05, 4.69) is 5.10 Å². The number of carbonyl (C=O) groups is 2. The number of Topliss-reactive ketones (excluding diaryl/α,β-unsaturated/α-hetero) is 1. The van der Waals surface area contributed by atoms with Gasteiger partial charge in [-0.05, 0) is 49.4 Å². The highest BCUT2D eigenvalue weighted by molar-refractivity contribution is 7.20. The summed E-state index contributed by atoms with van der Waals surface area (Å²) in [5.74, 6) is -0.472. The zero-order valence-corrected chi connectivity index (χ0v) is 18.4. The maximum absolute atomic E-state index is 13.3. The molecule has 0 fully saturated rings. The number of benzene rings is 2. The number of carbonyl (C=O) groups excluding carboxylic acids is 2. The number of esters is 1. The normalized spacial score (nSPS) is 10.9. The lowest BCUT2D eigenvalue weighted by Crippen LogP contribution is -2.14. The van der Waals surface area contributed by atoms with Crippen molar-refractivity contribution in [2.24, 2.45) is 0 Å². The van der Waals surface area contributed by atoms with Crippen LogP contribution in [0.4, 0.5) is 4.39 Å². The second kappa shape index (κ2) is 8.80. The van der Waals surface area contributed by atoms with Crippen LogP contribution in [0.25, 0.3) is 15.9 Å². The molecule has 0 unspecified atom stereocenters. The van der Waals surface area contributed by atoms with Crippen LogP contribution in [0.5, 0.6) is 11.5 Å². The number of halogens is 1. The van der Waals surface area contributed by atoms with Crippen LogP contribution in [0.2, 0.25) is 0 Å². The molecule has 0 saturated heterocycles. The van der Waals surface area contributed by atoms with Gasteiger partial charge in [0.05, 0.1) is 31.2 Å². The van der Waals surface area contributed by atoms with Crippen LogP contribution in [0, 0.1) is 12.7 Å². The van der Waals surface area contributed by atoms with Gasteiger partial charge in [0.15, 0.2) is 6.61 Å². The van der Waals surface area contributed by atoms with E-state index < -0.39 is 18.4 Å². The van der Waals surface area contributed by atoms with Gasteiger partial charge in [-0.1, -0.05) is 0 Å². The molecule has 4 aromatic rings. The lowest BCUT2D eigenvalue weighted by molar-refractivity contribution is 0.0479. The molecule has 2 aromatic heterocycles. The van der Waals surface area contributed by atoms with Gasteiger partial charge in [0.25, 0.3) is 0 Å². The summed E-state index contributed by atoms with van der Waals surface area (Å²) in [5.41, 5.74) is 1.69. The van der Waals surface area contributed by atoms with Crippen LogP contribution < -0.4 is 9.47 Å². The molecule has 2 heterocycles. The fourth-order valence-corrected chi connectivity index (χ4v) is 4.29. The van der Waals surface area contributed by atoms with Crippen molar-refractivity contribution in [2.75, 3.05) is 20.8 Å². The summed E-state index contributed by atoms with van der Waals surface area (Å²) in [4.78, 5) is 26.2. The zero-order valence-electron chi connectivity index (χ0n) is 17.5. The van der Waals surface area contributed by atoms with E-state index >= 15 is 0 Å². The van der Waals surface area contributed by atoms with E-state index in [4.69, 9.17) is 14.2 Å². The zero-order chi connectivity index (χ0) is 22.8. The molecule has 32 heavy (non-hydrogen) atoms. The molecule has 2 aromatic carbocycles. The number of nitrogens with zero attached hydrogens (tertiary/aromatic N) is 2. The Labute approximate surface area is 186 Å². The molecular weight excluding hydrogens is 435 g/mol. The van der Waals surface area contributed by atoms with Crippen molar-refractivity contribution < 1.29 is 28.2 Å². The third kappa shape index (κ3) is 4.06. The predicted octanol–water partition coefficient (Wildman–Crippen LogP) is 4.59. The number of ether oxygens (including phenoxy) is 3. The molecule has 7 nitrogen and oxygen atoms in total. The Kier molecular flexibility index (Phi) is 5.91. The number of methoxy groups -OCH3 is 2. The number of hydrogen-bond donors (Lipinski definition) is 0. The van der Waals surface area contributed by atoms with E-state index in [9.17, 15) is 14.0 Å². The van der Waals surface area contributed by atoms with Crippen LogP contribution in [0.1, 0.15) is 25.7 Å². The summed E-state index contributed by atoms with van der Waals surface area (Å²) in [5, 5.41) is 5.26. The van der Waals surface area contributed by atoms with Crippen LogP contribution in [-0.2, 0) is 4.74 Å². The van der Waals surface area contributed by atoms with Crippen LogP contribution in [0.15, 0.2) is 48.5 Å². The van der Waals surface area contributed by atoms with Gasteiger partial charge in [0, 0.05) is 11.5 Å².